The average Bonchev–Trinajstić information content (AvgIpc) is 2.45. The lowest BCUT2D eigenvalue weighted by Crippen LogP contribution is -2.15. The van der Waals surface area contributed by atoms with Gasteiger partial charge in [0, 0.05) is 23.8 Å². The molecule has 0 bridgehead atoms. The van der Waals surface area contributed by atoms with Gasteiger partial charge in [-0.25, -0.2) is 13.6 Å². The van der Waals surface area contributed by atoms with Gasteiger partial charge in [0.15, 0.2) is 17.2 Å². The number of carbonyl (C=O) groups excluding carboxylic acids is 2. The highest BCUT2D eigenvalue weighted by atomic mass is 19.1. The maximum atomic E-state index is 14.1. The molecule has 0 fully saturated rings. The van der Waals surface area contributed by atoms with E-state index in [0.717, 1.165) is 12.1 Å². The molecule has 2 rings (SSSR count). The van der Waals surface area contributed by atoms with E-state index in [1.54, 1.807) is 6.92 Å². The third-order valence-electron chi connectivity index (χ3n) is 3.37. The van der Waals surface area contributed by atoms with Crippen LogP contribution in [0.1, 0.15) is 42.6 Å². The number of ketones is 2. The monoisotopic (exact) mass is 308 g/mol. The molecule has 2 aromatic rings. The SMILES string of the molecule is CCc1c(F)cc2cc(C(=O)CCC(C)=O)c(=O)oc2c1F. The van der Waals surface area contributed by atoms with Crippen LogP contribution in [0.25, 0.3) is 11.0 Å². The number of benzene rings is 1. The predicted molar refractivity (Wildman–Crippen MR) is 76.0 cm³/mol. The topological polar surface area (TPSA) is 64.3 Å². The fourth-order valence-corrected chi connectivity index (χ4v) is 2.17. The lowest BCUT2D eigenvalue weighted by Gasteiger charge is -2.06. The molecule has 0 N–H and O–H groups in total. The van der Waals surface area contributed by atoms with Crippen molar-refractivity contribution in [3.8, 4) is 0 Å². The van der Waals surface area contributed by atoms with Gasteiger partial charge in [0.05, 0.1) is 0 Å². The van der Waals surface area contributed by atoms with Crippen molar-refractivity contribution in [1.82, 2.24) is 0 Å². The van der Waals surface area contributed by atoms with Gasteiger partial charge >= 0.3 is 5.63 Å². The zero-order valence-electron chi connectivity index (χ0n) is 12.2. The van der Waals surface area contributed by atoms with Crippen LogP contribution < -0.4 is 5.63 Å². The largest absolute Gasteiger partial charge is 0.419 e. The van der Waals surface area contributed by atoms with Crippen molar-refractivity contribution in [2.45, 2.75) is 33.1 Å². The Morgan fingerprint density at radius 2 is 1.86 bits per heavy atom. The van der Waals surface area contributed by atoms with E-state index >= 15 is 0 Å². The average molecular weight is 308 g/mol. The molecule has 6 heteroatoms. The van der Waals surface area contributed by atoms with Gasteiger partial charge in [-0.15, -0.1) is 0 Å². The third kappa shape index (κ3) is 2.95. The van der Waals surface area contributed by atoms with E-state index in [9.17, 15) is 23.2 Å². The summed E-state index contributed by atoms with van der Waals surface area (Å²) in [6.07, 6.45) is -0.0476. The molecule has 0 aliphatic carbocycles. The summed E-state index contributed by atoms with van der Waals surface area (Å²) in [5, 5.41) is -0.00187. The van der Waals surface area contributed by atoms with E-state index in [0.29, 0.717) is 0 Å². The zero-order chi connectivity index (χ0) is 16.4. The Morgan fingerprint density at radius 1 is 1.18 bits per heavy atom. The van der Waals surface area contributed by atoms with Crippen molar-refractivity contribution in [1.29, 1.82) is 0 Å². The summed E-state index contributed by atoms with van der Waals surface area (Å²) >= 11 is 0. The summed E-state index contributed by atoms with van der Waals surface area (Å²) < 4.78 is 32.7. The number of halogens is 2. The minimum absolute atomic E-state index is 0.00187. The molecule has 1 heterocycles. The fourth-order valence-electron chi connectivity index (χ4n) is 2.17. The van der Waals surface area contributed by atoms with Gasteiger partial charge < -0.3 is 9.21 Å². The molecule has 0 unspecified atom stereocenters. The van der Waals surface area contributed by atoms with Crippen LogP contribution in [0, 0.1) is 11.6 Å². The van der Waals surface area contributed by atoms with Crippen molar-refractivity contribution < 1.29 is 22.8 Å². The molecule has 0 atom stereocenters. The summed E-state index contributed by atoms with van der Waals surface area (Å²) in [4.78, 5) is 34.6. The minimum Gasteiger partial charge on any atom is -0.419 e. The van der Waals surface area contributed by atoms with Crippen LogP contribution >= 0.6 is 0 Å². The van der Waals surface area contributed by atoms with E-state index in [-0.39, 0.29) is 47.1 Å². The van der Waals surface area contributed by atoms with Gasteiger partial charge in [0.25, 0.3) is 0 Å². The Bertz CT molecular complexity index is 821. The van der Waals surface area contributed by atoms with E-state index in [1.165, 1.54) is 6.92 Å². The highest BCUT2D eigenvalue weighted by molar-refractivity contribution is 5.99. The Kier molecular flexibility index (Phi) is 4.49. The smallest absolute Gasteiger partial charge is 0.347 e. The zero-order valence-corrected chi connectivity index (χ0v) is 12.2. The lowest BCUT2D eigenvalue weighted by molar-refractivity contribution is -0.116. The Hall–Kier alpha value is -2.37. The Morgan fingerprint density at radius 3 is 2.45 bits per heavy atom. The third-order valence-corrected chi connectivity index (χ3v) is 3.37. The number of hydrogen-bond acceptors (Lipinski definition) is 4. The van der Waals surface area contributed by atoms with Gasteiger partial charge in [-0.05, 0) is 25.5 Å². The van der Waals surface area contributed by atoms with Gasteiger partial charge in [0.1, 0.15) is 17.2 Å². The van der Waals surface area contributed by atoms with Crippen molar-refractivity contribution in [2.75, 3.05) is 0 Å². The summed E-state index contributed by atoms with van der Waals surface area (Å²) in [5.41, 5.74) is -1.84. The second-order valence-electron chi connectivity index (χ2n) is 5.00. The first-order valence-electron chi connectivity index (χ1n) is 6.82. The van der Waals surface area contributed by atoms with Crippen molar-refractivity contribution in [3.05, 3.63) is 45.3 Å². The Labute approximate surface area is 124 Å². The predicted octanol–water partition coefficient (Wildman–Crippen LogP) is 3.19. The van der Waals surface area contributed by atoms with E-state index in [1.807, 2.05) is 0 Å². The quantitative estimate of drug-likeness (QED) is 0.628. The number of rotatable bonds is 5. The lowest BCUT2D eigenvalue weighted by atomic mass is 10.0. The summed E-state index contributed by atoms with van der Waals surface area (Å²) in [7, 11) is 0. The molecule has 0 radical (unpaired) electrons. The molecule has 0 saturated carbocycles. The molecule has 1 aromatic carbocycles. The fraction of sp³-hybridized carbons (Fsp3) is 0.312. The van der Waals surface area contributed by atoms with E-state index in [2.05, 4.69) is 0 Å². The molecule has 0 aliphatic rings. The first kappa shape index (κ1) is 16.0. The summed E-state index contributed by atoms with van der Waals surface area (Å²) in [6, 6.07) is 2.14. The molecule has 4 nitrogen and oxygen atoms in total. The summed E-state index contributed by atoms with van der Waals surface area (Å²) in [5.74, 6) is -2.48. The molecular weight excluding hydrogens is 294 g/mol. The number of hydrogen-bond donors (Lipinski definition) is 0. The van der Waals surface area contributed by atoms with Gasteiger partial charge in [-0.1, -0.05) is 6.92 Å². The van der Waals surface area contributed by atoms with Gasteiger partial charge in [-0.2, -0.15) is 0 Å². The maximum absolute atomic E-state index is 14.1. The van der Waals surface area contributed by atoms with Crippen LogP contribution in [0.4, 0.5) is 8.78 Å². The van der Waals surface area contributed by atoms with Crippen molar-refractivity contribution in [3.63, 3.8) is 0 Å². The van der Waals surface area contributed by atoms with Crippen molar-refractivity contribution >= 4 is 22.5 Å². The molecule has 22 heavy (non-hydrogen) atoms. The van der Waals surface area contributed by atoms with Crippen LogP contribution in [-0.4, -0.2) is 11.6 Å². The highest BCUT2D eigenvalue weighted by Crippen LogP contribution is 2.24. The number of carbonyl (C=O) groups is 2. The van der Waals surface area contributed by atoms with Crippen LogP contribution in [0.3, 0.4) is 0 Å². The van der Waals surface area contributed by atoms with E-state index in [4.69, 9.17) is 4.42 Å². The highest BCUT2D eigenvalue weighted by Gasteiger charge is 2.19. The standard InChI is InChI=1S/C16H14F2O4/c1-3-10-12(17)7-9-6-11(13(20)5-4-8(2)19)16(21)22-15(9)14(10)18/h6-7H,3-5H2,1-2H3. The second-order valence-corrected chi connectivity index (χ2v) is 5.00. The molecular formula is C16H14F2O4. The normalized spacial score (nSPS) is 10.9. The molecule has 0 saturated heterocycles. The van der Waals surface area contributed by atoms with Crippen LogP contribution in [0.5, 0.6) is 0 Å². The van der Waals surface area contributed by atoms with Gasteiger partial charge in [0.2, 0.25) is 0 Å². The number of fused-ring (bicyclic) bond motifs is 1. The molecule has 116 valence electrons. The van der Waals surface area contributed by atoms with Crippen LogP contribution in [0.15, 0.2) is 21.3 Å². The summed E-state index contributed by atoms with van der Waals surface area (Å²) in [6.45, 7) is 2.90. The van der Waals surface area contributed by atoms with Gasteiger partial charge in [-0.3, -0.25) is 4.79 Å². The maximum Gasteiger partial charge on any atom is 0.347 e. The minimum atomic E-state index is -0.992. The van der Waals surface area contributed by atoms with E-state index < -0.39 is 23.0 Å². The number of Topliss-reactive ketones (excluding diaryl/α,β-unsaturated/α-hetero) is 2. The second kappa shape index (κ2) is 6.17. The Balaban J connectivity index is 2.56. The first-order chi connectivity index (χ1) is 10.3. The molecule has 0 aliphatic heterocycles. The van der Waals surface area contributed by atoms with Crippen molar-refractivity contribution in [2.24, 2.45) is 0 Å². The molecule has 0 spiro atoms. The van der Waals surface area contributed by atoms with Crippen LogP contribution in [-0.2, 0) is 11.2 Å². The first-order valence-corrected chi connectivity index (χ1v) is 6.82. The molecule has 1 aromatic heterocycles. The molecule has 0 amide bonds. The van der Waals surface area contributed by atoms with Crippen LogP contribution in [0.2, 0.25) is 0 Å².